The van der Waals surface area contributed by atoms with Crippen molar-refractivity contribution in [1.29, 1.82) is 0 Å². The number of benzene rings is 2. The third kappa shape index (κ3) is 5.18. The normalized spacial score (nSPS) is 16.1. The number of para-hydroxylation sites is 2. The van der Waals surface area contributed by atoms with E-state index in [9.17, 15) is 22.8 Å². The van der Waals surface area contributed by atoms with Crippen molar-refractivity contribution in [2.24, 2.45) is 0 Å². The smallest absolute Gasteiger partial charge is 0.478 e. The summed E-state index contributed by atoms with van der Waals surface area (Å²) in [7, 11) is 0. The number of carbonyl (C=O) groups excluding carboxylic acids is 2. The zero-order valence-electron chi connectivity index (χ0n) is 15.5. The average Bonchev–Trinajstić information content (AvgIpc) is 2.67. The van der Waals surface area contributed by atoms with Crippen LogP contribution in [-0.4, -0.2) is 30.8 Å². The van der Waals surface area contributed by atoms with Crippen LogP contribution in [0.25, 0.3) is 0 Å². The van der Waals surface area contributed by atoms with E-state index >= 15 is 0 Å². The summed E-state index contributed by atoms with van der Waals surface area (Å²) in [5.41, 5.74) is 0.924. The first-order valence-electron chi connectivity index (χ1n) is 8.99. The second kappa shape index (κ2) is 8.42. The molecule has 29 heavy (non-hydrogen) atoms. The molecule has 0 radical (unpaired) electrons. The topological polar surface area (TPSA) is 67.9 Å². The molecule has 0 aliphatic carbocycles. The predicted molar refractivity (Wildman–Crippen MR) is 99.9 cm³/mol. The van der Waals surface area contributed by atoms with Gasteiger partial charge >= 0.3 is 6.36 Å². The summed E-state index contributed by atoms with van der Waals surface area (Å²) in [5.74, 6) is -0.386. The molecule has 1 aliphatic heterocycles. The molecule has 0 aromatic heterocycles. The molecule has 2 aromatic carbocycles. The second-order valence-electron chi connectivity index (χ2n) is 6.34. The number of hydrogen-bond donors (Lipinski definition) is 1. The molecule has 1 unspecified atom stereocenters. The molecule has 2 amide bonds. The molecule has 1 heterocycles. The van der Waals surface area contributed by atoms with Gasteiger partial charge in [-0.3, -0.25) is 9.59 Å². The standard InChI is InChI=1S/C20H19F3N2O4/c1-2-16-19(27)25(15-5-3-4-6-17(15)28-16)12-11-18(26)24-13-7-9-14(10-8-13)29-20(21,22)23/h3-10,16H,2,11-12H2,1H3,(H,24,26). The summed E-state index contributed by atoms with van der Waals surface area (Å²) in [6, 6.07) is 11.9. The van der Waals surface area contributed by atoms with Crippen LogP contribution in [0.5, 0.6) is 11.5 Å². The number of anilines is 2. The number of nitrogens with one attached hydrogen (secondary N) is 1. The summed E-state index contributed by atoms with van der Waals surface area (Å²) in [5, 5.41) is 2.59. The fourth-order valence-corrected chi connectivity index (χ4v) is 2.94. The largest absolute Gasteiger partial charge is 0.573 e. The van der Waals surface area contributed by atoms with Gasteiger partial charge in [-0.1, -0.05) is 19.1 Å². The molecule has 0 spiro atoms. The average molecular weight is 408 g/mol. The first-order chi connectivity index (χ1) is 13.8. The highest BCUT2D eigenvalue weighted by Gasteiger charge is 2.33. The number of rotatable bonds is 6. The van der Waals surface area contributed by atoms with Gasteiger partial charge in [0, 0.05) is 18.7 Å². The molecule has 9 heteroatoms. The van der Waals surface area contributed by atoms with Gasteiger partial charge in [-0.15, -0.1) is 13.2 Å². The number of halogens is 3. The lowest BCUT2D eigenvalue weighted by atomic mass is 10.1. The highest BCUT2D eigenvalue weighted by atomic mass is 19.4. The molecule has 2 aromatic rings. The lowest BCUT2D eigenvalue weighted by Crippen LogP contribution is -2.46. The molecule has 0 saturated carbocycles. The molecular formula is C20H19F3N2O4. The molecule has 0 saturated heterocycles. The maximum absolute atomic E-state index is 12.6. The van der Waals surface area contributed by atoms with Crippen LogP contribution in [0, 0.1) is 0 Å². The van der Waals surface area contributed by atoms with Crippen molar-refractivity contribution in [1.82, 2.24) is 0 Å². The first-order valence-corrected chi connectivity index (χ1v) is 8.99. The highest BCUT2D eigenvalue weighted by Crippen LogP contribution is 2.34. The van der Waals surface area contributed by atoms with Crippen LogP contribution >= 0.6 is 0 Å². The molecule has 1 atom stereocenters. The third-order valence-corrected chi connectivity index (χ3v) is 4.27. The molecule has 1 N–H and O–H groups in total. The van der Waals surface area contributed by atoms with E-state index in [1.165, 1.54) is 17.0 Å². The van der Waals surface area contributed by atoms with Crippen LogP contribution < -0.4 is 19.7 Å². The Morgan fingerprint density at radius 2 is 1.86 bits per heavy atom. The van der Waals surface area contributed by atoms with Gasteiger partial charge in [0.1, 0.15) is 11.5 Å². The van der Waals surface area contributed by atoms with E-state index in [4.69, 9.17) is 4.74 Å². The van der Waals surface area contributed by atoms with Gasteiger partial charge in [-0.25, -0.2) is 0 Å². The number of carbonyl (C=O) groups is 2. The molecule has 0 bridgehead atoms. The summed E-state index contributed by atoms with van der Waals surface area (Å²) in [4.78, 5) is 26.4. The van der Waals surface area contributed by atoms with Crippen LogP contribution in [0.1, 0.15) is 19.8 Å². The zero-order valence-corrected chi connectivity index (χ0v) is 15.5. The van der Waals surface area contributed by atoms with Crippen LogP contribution in [-0.2, 0) is 9.59 Å². The molecule has 3 rings (SSSR count). The summed E-state index contributed by atoms with van der Waals surface area (Å²) in [6.45, 7) is 1.99. The van der Waals surface area contributed by atoms with Crippen LogP contribution in [0.4, 0.5) is 24.5 Å². The molecular weight excluding hydrogens is 389 g/mol. The van der Waals surface area contributed by atoms with Gasteiger partial charge in [-0.2, -0.15) is 0 Å². The summed E-state index contributed by atoms with van der Waals surface area (Å²) in [6.07, 6.45) is -4.86. The van der Waals surface area contributed by atoms with E-state index in [0.717, 1.165) is 12.1 Å². The van der Waals surface area contributed by atoms with E-state index in [2.05, 4.69) is 10.1 Å². The van der Waals surface area contributed by atoms with E-state index in [1.54, 1.807) is 24.3 Å². The Morgan fingerprint density at radius 1 is 1.17 bits per heavy atom. The number of nitrogens with zero attached hydrogens (tertiary/aromatic N) is 1. The SMILES string of the molecule is CCC1Oc2ccccc2N(CCC(=O)Nc2ccc(OC(F)(F)F)cc2)C1=O. The van der Waals surface area contributed by atoms with Crippen molar-refractivity contribution in [2.45, 2.75) is 32.2 Å². The molecule has 154 valence electrons. The van der Waals surface area contributed by atoms with Crippen molar-refractivity contribution in [3.8, 4) is 11.5 Å². The van der Waals surface area contributed by atoms with Gasteiger partial charge in [0.2, 0.25) is 5.91 Å². The maximum Gasteiger partial charge on any atom is 0.573 e. The lowest BCUT2D eigenvalue weighted by Gasteiger charge is -2.33. The highest BCUT2D eigenvalue weighted by molar-refractivity contribution is 6.01. The fraction of sp³-hybridized carbons (Fsp3) is 0.300. The van der Waals surface area contributed by atoms with Gasteiger partial charge in [0.05, 0.1) is 5.69 Å². The van der Waals surface area contributed by atoms with Crippen LogP contribution in [0.3, 0.4) is 0 Å². The van der Waals surface area contributed by atoms with Gasteiger partial charge < -0.3 is 19.7 Å². The van der Waals surface area contributed by atoms with E-state index in [1.807, 2.05) is 6.92 Å². The molecule has 1 aliphatic rings. The maximum atomic E-state index is 12.6. The number of alkyl halides is 3. The van der Waals surface area contributed by atoms with Gasteiger partial charge in [-0.05, 0) is 42.8 Å². The van der Waals surface area contributed by atoms with Gasteiger partial charge in [0.15, 0.2) is 6.10 Å². The summed E-state index contributed by atoms with van der Waals surface area (Å²) < 4.78 is 46.0. The Kier molecular flexibility index (Phi) is 5.95. The van der Waals surface area contributed by atoms with Crippen molar-refractivity contribution in [3.05, 3.63) is 48.5 Å². The predicted octanol–water partition coefficient (Wildman–Crippen LogP) is 4.12. The van der Waals surface area contributed by atoms with Crippen molar-refractivity contribution < 1.29 is 32.2 Å². The van der Waals surface area contributed by atoms with Crippen molar-refractivity contribution in [2.75, 3.05) is 16.8 Å². The second-order valence-corrected chi connectivity index (χ2v) is 6.34. The summed E-state index contributed by atoms with van der Waals surface area (Å²) >= 11 is 0. The Hall–Kier alpha value is -3.23. The monoisotopic (exact) mass is 408 g/mol. The number of hydrogen-bond acceptors (Lipinski definition) is 4. The first kappa shape index (κ1) is 20.5. The Bertz CT molecular complexity index is 884. The third-order valence-electron chi connectivity index (χ3n) is 4.27. The van der Waals surface area contributed by atoms with Crippen LogP contribution in [0.2, 0.25) is 0 Å². The minimum Gasteiger partial charge on any atom is -0.478 e. The quantitative estimate of drug-likeness (QED) is 0.781. The zero-order chi connectivity index (χ0) is 21.0. The molecule has 6 nitrogen and oxygen atoms in total. The fourth-order valence-electron chi connectivity index (χ4n) is 2.94. The Morgan fingerprint density at radius 3 is 2.52 bits per heavy atom. The Labute approximate surface area is 165 Å². The minimum atomic E-state index is -4.78. The number of amides is 2. The van der Waals surface area contributed by atoms with E-state index < -0.39 is 12.5 Å². The molecule has 0 fully saturated rings. The van der Waals surface area contributed by atoms with Gasteiger partial charge in [0.25, 0.3) is 5.91 Å². The van der Waals surface area contributed by atoms with E-state index in [-0.39, 0.29) is 30.5 Å². The van der Waals surface area contributed by atoms with Crippen LogP contribution in [0.15, 0.2) is 48.5 Å². The van der Waals surface area contributed by atoms with Crippen molar-refractivity contribution >= 4 is 23.2 Å². The Balaban J connectivity index is 1.61. The lowest BCUT2D eigenvalue weighted by molar-refractivity contribution is -0.274. The van der Waals surface area contributed by atoms with E-state index in [0.29, 0.717) is 23.5 Å². The number of ether oxygens (including phenoxy) is 2. The minimum absolute atomic E-state index is 0.0112. The number of fused-ring (bicyclic) bond motifs is 1. The van der Waals surface area contributed by atoms with Crippen molar-refractivity contribution in [3.63, 3.8) is 0 Å².